The Morgan fingerprint density at radius 2 is 1.74 bits per heavy atom. The van der Waals surface area contributed by atoms with Crippen LogP contribution in [0, 0.1) is 0 Å². The highest BCUT2D eigenvalue weighted by atomic mass is 35.5. The fraction of sp³-hybridized carbons (Fsp3) is 0.0606. The number of benzene rings is 4. The number of para-hydroxylation sites is 2. The summed E-state index contributed by atoms with van der Waals surface area (Å²) in [7, 11) is 1.60. The third-order valence-corrected chi connectivity index (χ3v) is 7.79. The van der Waals surface area contributed by atoms with Gasteiger partial charge in [-0.2, -0.15) is 9.78 Å². The van der Waals surface area contributed by atoms with Gasteiger partial charge < -0.3 is 13.7 Å². The van der Waals surface area contributed by atoms with Crippen molar-refractivity contribution in [1.29, 1.82) is 0 Å². The first-order valence-electron chi connectivity index (χ1n) is 13.1. The number of aromatic nitrogens is 3. The average Bonchev–Trinajstić information content (AvgIpc) is 3.60. The third kappa shape index (κ3) is 4.53. The van der Waals surface area contributed by atoms with E-state index in [1.807, 2.05) is 72.9 Å². The maximum absolute atomic E-state index is 13.8. The molecule has 0 fully saturated rings. The molecule has 7 rings (SSSR count). The Labute approximate surface area is 249 Å². The van der Waals surface area contributed by atoms with Crippen LogP contribution < -0.4 is 10.3 Å². The minimum absolute atomic E-state index is 0.282. The molecule has 0 aliphatic heterocycles. The smallest absolute Gasteiger partial charge is 0.282 e. The first kappa shape index (κ1) is 26.1. The molecule has 0 N–H and O–H groups in total. The molecular formula is C33H22Cl2N4O3. The van der Waals surface area contributed by atoms with Crippen molar-refractivity contribution in [2.24, 2.45) is 5.10 Å². The summed E-state index contributed by atoms with van der Waals surface area (Å²) in [5, 5.41) is 8.06. The van der Waals surface area contributed by atoms with Crippen LogP contribution in [0.3, 0.4) is 0 Å². The van der Waals surface area contributed by atoms with Crippen LogP contribution >= 0.6 is 23.2 Å². The van der Waals surface area contributed by atoms with Crippen LogP contribution in [0.1, 0.15) is 11.1 Å². The molecule has 0 saturated heterocycles. The van der Waals surface area contributed by atoms with Crippen LogP contribution in [0.2, 0.25) is 10.0 Å². The molecule has 3 heterocycles. The van der Waals surface area contributed by atoms with Crippen LogP contribution in [0.5, 0.6) is 5.75 Å². The van der Waals surface area contributed by atoms with E-state index in [-0.39, 0.29) is 11.4 Å². The van der Waals surface area contributed by atoms with Gasteiger partial charge in [0.25, 0.3) is 5.56 Å². The van der Waals surface area contributed by atoms with Crippen LogP contribution in [0.15, 0.2) is 112 Å². The standard InChI is InChI=1S/C33H22Cl2N4O3/c1-41-29-11-6-12-30-25(29)16-31(42-30)32-37-27-9-4-2-8-24(27)33(40)39(32)36-17-21-19-38(28-10-5-3-7-23(21)28)18-20-13-14-22(34)15-26(20)35/h2-17,19H,18H2,1H3. The molecule has 7 aromatic rings. The van der Waals surface area contributed by atoms with E-state index in [2.05, 4.69) is 9.67 Å². The predicted molar refractivity (Wildman–Crippen MR) is 168 cm³/mol. The number of hydrogen-bond acceptors (Lipinski definition) is 5. The van der Waals surface area contributed by atoms with Crippen molar-refractivity contribution in [3.63, 3.8) is 0 Å². The first-order chi connectivity index (χ1) is 20.5. The summed E-state index contributed by atoms with van der Waals surface area (Å²) in [6, 6.07) is 28.0. The van der Waals surface area contributed by atoms with Gasteiger partial charge in [-0.15, -0.1) is 0 Å². The highest BCUT2D eigenvalue weighted by Crippen LogP contribution is 2.33. The molecule has 4 aromatic carbocycles. The fourth-order valence-electron chi connectivity index (χ4n) is 5.17. The molecule has 0 bridgehead atoms. The highest BCUT2D eigenvalue weighted by Gasteiger charge is 2.18. The zero-order chi connectivity index (χ0) is 28.8. The normalized spacial score (nSPS) is 11.8. The molecule has 0 radical (unpaired) electrons. The van der Waals surface area contributed by atoms with Crippen molar-refractivity contribution in [1.82, 2.24) is 14.2 Å². The zero-order valence-electron chi connectivity index (χ0n) is 22.3. The summed E-state index contributed by atoms with van der Waals surface area (Å²) >= 11 is 12.6. The van der Waals surface area contributed by atoms with Crippen molar-refractivity contribution >= 4 is 62.2 Å². The number of furan rings is 1. The van der Waals surface area contributed by atoms with E-state index in [9.17, 15) is 4.79 Å². The first-order valence-corrected chi connectivity index (χ1v) is 13.9. The Morgan fingerprint density at radius 3 is 2.57 bits per heavy atom. The second-order valence-electron chi connectivity index (χ2n) is 9.76. The van der Waals surface area contributed by atoms with E-state index in [1.54, 1.807) is 37.6 Å². The molecule has 0 saturated carbocycles. The molecule has 0 unspecified atom stereocenters. The monoisotopic (exact) mass is 592 g/mol. The number of fused-ring (bicyclic) bond motifs is 3. The van der Waals surface area contributed by atoms with E-state index in [0.29, 0.717) is 44.6 Å². The maximum atomic E-state index is 13.8. The van der Waals surface area contributed by atoms with Gasteiger partial charge in [-0.25, -0.2) is 4.98 Å². The molecule has 206 valence electrons. The summed E-state index contributed by atoms with van der Waals surface area (Å²) in [5.41, 5.74) is 3.62. The van der Waals surface area contributed by atoms with E-state index in [1.165, 1.54) is 4.68 Å². The van der Waals surface area contributed by atoms with Crippen molar-refractivity contribution in [3.8, 4) is 17.3 Å². The topological polar surface area (TPSA) is 74.6 Å². The van der Waals surface area contributed by atoms with Gasteiger partial charge in [-0.3, -0.25) is 4.79 Å². The van der Waals surface area contributed by atoms with E-state index >= 15 is 0 Å². The molecule has 9 heteroatoms. The van der Waals surface area contributed by atoms with Gasteiger partial charge in [0.05, 0.1) is 29.6 Å². The molecule has 0 amide bonds. The maximum Gasteiger partial charge on any atom is 0.282 e. The predicted octanol–water partition coefficient (Wildman–Crippen LogP) is 8.01. The summed E-state index contributed by atoms with van der Waals surface area (Å²) in [6.07, 6.45) is 3.66. The second kappa shape index (κ2) is 10.5. The minimum atomic E-state index is -0.309. The van der Waals surface area contributed by atoms with Gasteiger partial charge >= 0.3 is 0 Å². The Morgan fingerprint density at radius 1 is 0.929 bits per heavy atom. The average molecular weight is 593 g/mol. The Hall–Kier alpha value is -4.85. The Kier molecular flexibility index (Phi) is 6.53. The number of ether oxygens (including phenoxy) is 1. The zero-order valence-corrected chi connectivity index (χ0v) is 23.8. The van der Waals surface area contributed by atoms with Gasteiger partial charge in [-0.05, 0) is 54.1 Å². The van der Waals surface area contributed by atoms with Crippen molar-refractivity contribution in [2.45, 2.75) is 6.54 Å². The quantitative estimate of drug-likeness (QED) is 0.183. The van der Waals surface area contributed by atoms with Gasteiger partial charge in [0, 0.05) is 39.3 Å². The summed E-state index contributed by atoms with van der Waals surface area (Å²) in [4.78, 5) is 18.6. The van der Waals surface area contributed by atoms with E-state index in [4.69, 9.17) is 37.3 Å². The molecule has 42 heavy (non-hydrogen) atoms. The molecule has 0 atom stereocenters. The Balaban J connectivity index is 1.38. The number of halogens is 2. The number of methoxy groups -OCH3 is 1. The molecule has 3 aromatic heterocycles. The second-order valence-corrected chi connectivity index (χ2v) is 10.6. The molecule has 0 aliphatic rings. The number of nitrogens with zero attached hydrogens (tertiary/aromatic N) is 4. The largest absolute Gasteiger partial charge is 0.496 e. The Bertz CT molecular complexity index is 2230. The highest BCUT2D eigenvalue weighted by molar-refractivity contribution is 6.35. The van der Waals surface area contributed by atoms with Gasteiger partial charge in [-0.1, -0.05) is 65.7 Å². The molecule has 0 spiro atoms. The van der Waals surface area contributed by atoms with E-state index < -0.39 is 0 Å². The van der Waals surface area contributed by atoms with Gasteiger partial charge in [0.2, 0.25) is 5.82 Å². The van der Waals surface area contributed by atoms with Crippen LogP contribution in [0.4, 0.5) is 0 Å². The number of hydrogen-bond donors (Lipinski definition) is 0. The van der Waals surface area contributed by atoms with Crippen LogP contribution in [-0.2, 0) is 6.54 Å². The van der Waals surface area contributed by atoms with Crippen molar-refractivity contribution < 1.29 is 9.15 Å². The summed E-state index contributed by atoms with van der Waals surface area (Å²) in [5.74, 6) is 1.34. The molecule has 7 nitrogen and oxygen atoms in total. The number of rotatable bonds is 6. The third-order valence-electron chi connectivity index (χ3n) is 7.20. The minimum Gasteiger partial charge on any atom is -0.496 e. The fourth-order valence-corrected chi connectivity index (χ4v) is 5.64. The van der Waals surface area contributed by atoms with Crippen LogP contribution in [0.25, 0.3) is 44.4 Å². The summed E-state index contributed by atoms with van der Waals surface area (Å²) in [6.45, 7) is 0.536. The van der Waals surface area contributed by atoms with Gasteiger partial charge in [0.15, 0.2) is 5.76 Å². The van der Waals surface area contributed by atoms with E-state index in [0.717, 1.165) is 27.4 Å². The molecular weight excluding hydrogens is 571 g/mol. The molecule has 0 aliphatic carbocycles. The lowest BCUT2D eigenvalue weighted by Gasteiger charge is -2.08. The van der Waals surface area contributed by atoms with Crippen molar-refractivity contribution in [2.75, 3.05) is 7.11 Å². The SMILES string of the molecule is COc1cccc2oc(-c3nc4ccccc4c(=O)n3N=Cc3cn(Cc4ccc(Cl)cc4Cl)c4ccccc34)cc12. The lowest BCUT2D eigenvalue weighted by atomic mass is 10.2. The van der Waals surface area contributed by atoms with Gasteiger partial charge in [0.1, 0.15) is 11.3 Å². The lowest BCUT2D eigenvalue weighted by Crippen LogP contribution is -2.20. The van der Waals surface area contributed by atoms with Crippen LogP contribution in [-0.4, -0.2) is 27.6 Å². The van der Waals surface area contributed by atoms with Crippen molar-refractivity contribution in [3.05, 3.63) is 129 Å². The summed E-state index contributed by atoms with van der Waals surface area (Å²) < 4.78 is 15.0. The lowest BCUT2D eigenvalue weighted by molar-refractivity contribution is 0.419.